The molecule has 0 aromatic heterocycles. The molecule has 0 aliphatic rings. The number of hydrogen-bond acceptors (Lipinski definition) is 2. The van der Waals surface area contributed by atoms with E-state index in [1.807, 2.05) is 49.3 Å². The zero-order valence-corrected chi connectivity index (χ0v) is 12.6. The molecule has 1 unspecified atom stereocenters. The van der Waals surface area contributed by atoms with Crippen molar-refractivity contribution >= 4 is 23.2 Å². The van der Waals surface area contributed by atoms with Crippen molar-refractivity contribution in [2.24, 2.45) is 0 Å². The fraction of sp³-hybridized carbons (Fsp3) is 0.188. The van der Waals surface area contributed by atoms with Crippen LogP contribution in [-0.4, -0.2) is 24.9 Å². The van der Waals surface area contributed by atoms with Crippen molar-refractivity contribution in [1.29, 1.82) is 0 Å². The number of nitrogens with zero attached hydrogens (tertiary/aromatic N) is 1. The molecule has 110 valence electrons. The van der Waals surface area contributed by atoms with Gasteiger partial charge in [-0.15, -0.1) is 0 Å². The summed E-state index contributed by atoms with van der Waals surface area (Å²) in [5, 5.41) is 2.74. The van der Waals surface area contributed by atoms with Gasteiger partial charge in [-0.3, -0.25) is 9.69 Å². The van der Waals surface area contributed by atoms with Crippen LogP contribution >= 0.6 is 11.6 Å². The molecule has 0 saturated heterocycles. The second-order valence-corrected chi connectivity index (χ2v) is 5.30. The number of hydrogen-bond donors (Lipinski definition) is 1. The molecule has 1 atom stereocenters. The average Bonchev–Trinajstić information content (AvgIpc) is 2.44. The first-order chi connectivity index (χ1) is 9.99. The molecular weight excluding hydrogens is 291 g/mol. The van der Waals surface area contributed by atoms with Crippen LogP contribution < -0.4 is 5.32 Å². The molecule has 21 heavy (non-hydrogen) atoms. The summed E-state index contributed by atoms with van der Waals surface area (Å²) in [7, 11) is 3.66. The maximum absolute atomic E-state index is 13.1. The van der Waals surface area contributed by atoms with Gasteiger partial charge in [0, 0.05) is 5.69 Å². The monoisotopic (exact) mass is 306 g/mol. The lowest BCUT2D eigenvalue weighted by atomic mass is 10.1. The largest absolute Gasteiger partial charge is 0.324 e. The van der Waals surface area contributed by atoms with Gasteiger partial charge in [0.15, 0.2) is 0 Å². The van der Waals surface area contributed by atoms with Gasteiger partial charge in [0.05, 0.1) is 5.02 Å². The van der Waals surface area contributed by atoms with Crippen LogP contribution in [0.2, 0.25) is 5.02 Å². The van der Waals surface area contributed by atoms with E-state index in [9.17, 15) is 9.18 Å². The zero-order valence-electron chi connectivity index (χ0n) is 11.8. The van der Waals surface area contributed by atoms with E-state index in [2.05, 4.69) is 5.32 Å². The van der Waals surface area contributed by atoms with Crippen LogP contribution in [0, 0.1) is 5.82 Å². The number of rotatable bonds is 4. The van der Waals surface area contributed by atoms with Crippen LogP contribution in [0.25, 0.3) is 0 Å². The third-order valence-corrected chi connectivity index (χ3v) is 3.36. The molecule has 0 spiro atoms. The summed E-state index contributed by atoms with van der Waals surface area (Å²) in [6, 6.07) is 13.1. The minimum Gasteiger partial charge on any atom is -0.324 e. The molecule has 2 rings (SSSR count). The number of carbonyl (C=O) groups is 1. The summed E-state index contributed by atoms with van der Waals surface area (Å²) < 4.78 is 13.1. The predicted octanol–water partition coefficient (Wildman–Crippen LogP) is 3.72. The van der Waals surface area contributed by atoms with Gasteiger partial charge in [0.2, 0.25) is 5.91 Å². The maximum Gasteiger partial charge on any atom is 0.246 e. The van der Waals surface area contributed by atoms with E-state index < -0.39 is 11.9 Å². The van der Waals surface area contributed by atoms with Gasteiger partial charge < -0.3 is 5.32 Å². The first-order valence-electron chi connectivity index (χ1n) is 6.46. The first-order valence-corrected chi connectivity index (χ1v) is 6.84. The highest BCUT2D eigenvalue weighted by molar-refractivity contribution is 6.31. The Bertz CT molecular complexity index is 631. The van der Waals surface area contributed by atoms with E-state index in [0.29, 0.717) is 5.69 Å². The molecule has 3 nitrogen and oxygen atoms in total. The van der Waals surface area contributed by atoms with Gasteiger partial charge in [0.25, 0.3) is 0 Å². The Labute approximate surface area is 128 Å². The Kier molecular flexibility index (Phi) is 4.94. The van der Waals surface area contributed by atoms with Crippen molar-refractivity contribution in [3.8, 4) is 0 Å². The van der Waals surface area contributed by atoms with Crippen molar-refractivity contribution in [3.63, 3.8) is 0 Å². The van der Waals surface area contributed by atoms with Crippen LogP contribution in [-0.2, 0) is 4.79 Å². The minimum absolute atomic E-state index is 0.0195. The topological polar surface area (TPSA) is 32.3 Å². The molecule has 5 heteroatoms. The fourth-order valence-corrected chi connectivity index (χ4v) is 2.28. The van der Waals surface area contributed by atoms with E-state index in [-0.39, 0.29) is 10.9 Å². The molecule has 2 aromatic carbocycles. The van der Waals surface area contributed by atoms with Crippen LogP contribution in [0.15, 0.2) is 48.5 Å². The highest BCUT2D eigenvalue weighted by atomic mass is 35.5. The molecule has 0 bridgehead atoms. The van der Waals surface area contributed by atoms with Gasteiger partial charge in [-0.05, 0) is 37.9 Å². The van der Waals surface area contributed by atoms with Gasteiger partial charge in [-0.2, -0.15) is 0 Å². The number of amides is 1. The van der Waals surface area contributed by atoms with E-state index in [1.54, 1.807) is 0 Å². The number of anilines is 1. The van der Waals surface area contributed by atoms with E-state index in [0.717, 1.165) is 5.56 Å². The molecule has 0 radical (unpaired) electrons. The zero-order chi connectivity index (χ0) is 15.4. The summed E-state index contributed by atoms with van der Waals surface area (Å²) in [5.41, 5.74) is 1.35. The smallest absolute Gasteiger partial charge is 0.246 e. The Hall–Kier alpha value is -1.91. The second kappa shape index (κ2) is 6.70. The lowest BCUT2D eigenvalue weighted by Gasteiger charge is -2.23. The summed E-state index contributed by atoms with van der Waals surface area (Å²) in [6.07, 6.45) is 0. The van der Waals surface area contributed by atoms with Gasteiger partial charge in [-0.25, -0.2) is 4.39 Å². The van der Waals surface area contributed by atoms with Crippen molar-refractivity contribution in [2.45, 2.75) is 6.04 Å². The normalized spacial score (nSPS) is 12.2. The van der Waals surface area contributed by atoms with E-state index in [1.165, 1.54) is 18.2 Å². The summed E-state index contributed by atoms with van der Waals surface area (Å²) in [4.78, 5) is 14.3. The Morgan fingerprint density at radius 2 is 1.86 bits per heavy atom. The summed E-state index contributed by atoms with van der Waals surface area (Å²) in [6.45, 7) is 0. The van der Waals surface area contributed by atoms with Crippen LogP contribution in [0.1, 0.15) is 11.6 Å². The molecule has 0 aliphatic heterocycles. The van der Waals surface area contributed by atoms with E-state index >= 15 is 0 Å². The highest BCUT2D eigenvalue weighted by Crippen LogP contribution is 2.23. The summed E-state index contributed by atoms with van der Waals surface area (Å²) >= 11 is 5.72. The number of likely N-dealkylation sites (N-methyl/N-ethyl adjacent to an activating group) is 1. The number of benzene rings is 2. The highest BCUT2D eigenvalue weighted by Gasteiger charge is 2.22. The molecular formula is C16H16ClFN2O. The van der Waals surface area contributed by atoms with E-state index in [4.69, 9.17) is 11.6 Å². The number of carbonyl (C=O) groups excluding carboxylic acids is 1. The quantitative estimate of drug-likeness (QED) is 0.933. The predicted molar refractivity (Wildman–Crippen MR) is 82.9 cm³/mol. The Balaban J connectivity index is 2.21. The second-order valence-electron chi connectivity index (χ2n) is 4.89. The molecule has 0 heterocycles. The molecule has 0 fully saturated rings. The lowest BCUT2D eigenvalue weighted by Crippen LogP contribution is -2.32. The lowest BCUT2D eigenvalue weighted by molar-refractivity contribution is -0.120. The van der Waals surface area contributed by atoms with Crippen molar-refractivity contribution in [1.82, 2.24) is 4.90 Å². The average molecular weight is 307 g/mol. The first kappa shape index (κ1) is 15.5. The third kappa shape index (κ3) is 3.80. The molecule has 1 N–H and O–H groups in total. The Morgan fingerprint density at radius 1 is 1.19 bits per heavy atom. The third-order valence-electron chi connectivity index (χ3n) is 3.07. The number of nitrogens with one attached hydrogen (secondary N) is 1. The SMILES string of the molecule is CN(C)C(C(=O)Nc1ccc(F)c(Cl)c1)c1ccccc1. The van der Waals surface area contributed by atoms with Crippen molar-refractivity contribution in [2.75, 3.05) is 19.4 Å². The van der Waals surface area contributed by atoms with Gasteiger partial charge >= 0.3 is 0 Å². The van der Waals surface area contributed by atoms with Crippen LogP contribution in [0.3, 0.4) is 0 Å². The van der Waals surface area contributed by atoms with Crippen molar-refractivity contribution in [3.05, 3.63) is 64.9 Å². The Morgan fingerprint density at radius 3 is 2.43 bits per heavy atom. The molecule has 1 amide bonds. The minimum atomic E-state index is -0.512. The van der Waals surface area contributed by atoms with Crippen LogP contribution in [0.5, 0.6) is 0 Å². The van der Waals surface area contributed by atoms with Gasteiger partial charge in [0.1, 0.15) is 11.9 Å². The standard InChI is InChI=1S/C16H16ClFN2O/c1-20(2)15(11-6-4-3-5-7-11)16(21)19-12-8-9-14(18)13(17)10-12/h3-10,15H,1-2H3,(H,19,21). The van der Waals surface area contributed by atoms with Crippen molar-refractivity contribution < 1.29 is 9.18 Å². The molecule has 0 aliphatic carbocycles. The maximum atomic E-state index is 13.1. The fourth-order valence-electron chi connectivity index (χ4n) is 2.10. The van der Waals surface area contributed by atoms with Crippen LogP contribution in [0.4, 0.5) is 10.1 Å². The number of halogens is 2. The molecule has 2 aromatic rings. The molecule has 0 saturated carbocycles. The summed E-state index contributed by atoms with van der Waals surface area (Å²) in [5.74, 6) is -0.712. The van der Waals surface area contributed by atoms with Gasteiger partial charge in [-0.1, -0.05) is 41.9 Å².